The Morgan fingerprint density at radius 2 is 1.75 bits per heavy atom. The van der Waals surface area contributed by atoms with E-state index in [1.54, 1.807) is 30.3 Å². The van der Waals surface area contributed by atoms with Gasteiger partial charge in [-0.15, -0.1) is 0 Å². The molecule has 0 fully saturated rings. The Labute approximate surface area is 129 Å². The third-order valence-corrected chi connectivity index (χ3v) is 3.76. The maximum Gasteiger partial charge on any atom is 0.229 e. The number of carbonyl (C=O) groups excluding carboxylic acids is 1. The van der Waals surface area contributed by atoms with Crippen LogP contribution in [0.1, 0.15) is 16.1 Å². The second-order valence-electron chi connectivity index (χ2n) is 4.22. The van der Waals surface area contributed by atoms with Gasteiger partial charge in [-0.3, -0.25) is 4.79 Å². The number of furan rings is 1. The molecule has 1 heterocycles. The van der Waals surface area contributed by atoms with Crippen LogP contribution in [-0.4, -0.2) is 5.78 Å². The van der Waals surface area contributed by atoms with E-state index in [0.29, 0.717) is 26.2 Å². The number of ketones is 1. The standard InChI is InChI=1S/C15H7Cl3O2/c16-9-4-5-11(17)10(7-9)14(19)13-6-8-2-1-3-12(18)15(8)20-13/h1-7H. The Morgan fingerprint density at radius 3 is 2.50 bits per heavy atom. The predicted octanol–water partition coefficient (Wildman–Crippen LogP) is 5.62. The summed E-state index contributed by atoms with van der Waals surface area (Å²) in [5.74, 6) is -0.151. The zero-order chi connectivity index (χ0) is 14.3. The largest absolute Gasteiger partial charge is 0.451 e. The van der Waals surface area contributed by atoms with Crippen LogP contribution in [0.15, 0.2) is 46.9 Å². The average molecular weight is 326 g/mol. The molecule has 2 aromatic carbocycles. The Balaban J connectivity index is 2.13. The number of hydrogen-bond acceptors (Lipinski definition) is 2. The van der Waals surface area contributed by atoms with E-state index in [0.717, 1.165) is 5.39 Å². The van der Waals surface area contributed by atoms with Crippen LogP contribution in [0.25, 0.3) is 11.0 Å². The summed E-state index contributed by atoms with van der Waals surface area (Å²) >= 11 is 17.9. The van der Waals surface area contributed by atoms with E-state index in [9.17, 15) is 4.79 Å². The third kappa shape index (κ3) is 2.31. The van der Waals surface area contributed by atoms with Crippen molar-refractivity contribution in [3.8, 4) is 0 Å². The Bertz CT molecular complexity index is 821. The van der Waals surface area contributed by atoms with E-state index in [1.807, 2.05) is 6.07 Å². The molecule has 0 spiro atoms. The number of benzene rings is 2. The number of halogens is 3. The highest BCUT2D eigenvalue weighted by molar-refractivity contribution is 6.37. The maximum absolute atomic E-state index is 12.4. The highest BCUT2D eigenvalue weighted by atomic mass is 35.5. The quantitative estimate of drug-likeness (QED) is 0.572. The van der Waals surface area contributed by atoms with Crippen LogP contribution in [0.2, 0.25) is 15.1 Å². The molecule has 5 heteroatoms. The van der Waals surface area contributed by atoms with Crippen LogP contribution in [-0.2, 0) is 0 Å². The van der Waals surface area contributed by atoms with Crippen molar-refractivity contribution in [1.82, 2.24) is 0 Å². The molecule has 100 valence electrons. The summed E-state index contributed by atoms with van der Waals surface area (Å²) in [6, 6.07) is 11.7. The molecule has 3 aromatic rings. The highest BCUT2D eigenvalue weighted by Crippen LogP contribution is 2.29. The molecule has 0 amide bonds. The monoisotopic (exact) mass is 324 g/mol. The van der Waals surface area contributed by atoms with Gasteiger partial charge in [-0.1, -0.05) is 46.9 Å². The molecule has 0 aliphatic rings. The number of fused-ring (bicyclic) bond motifs is 1. The fourth-order valence-electron chi connectivity index (χ4n) is 1.94. The van der Waals surface area contributed by atoms with Crippen molar-refractivity contribution < 1.29 is 9.21 Å². The minimum absolute atomic E-state index is 0.178. The first kappa shape index (κ1) is 13.5. The molecule has 0 bridgehead atoms. The van der Waals surface area contributed by atoms with Gasteiger partial charge in [-0.05, 0) is 30.3 Å². The lowest BCUT2D eigenvalue weighted by Gasteiger charge is -2.01. The van der Waals surface area contributed by atoms with Crippen LogP contribution in [0.5, 0.6) is 0 Å². The first-order valence-electron chi connectivity index (χ1n) is 5.74. The molecule has 0 saturated carbocycles. The molecular formula is C15H7Cl3O2. The van der Waals surface area contributed by atoms with Gasteiger partial charge in [0.15, 0.2) is 11.3 Å². The van der Waals surface area contributed by atoms with E-state index < -0.39 is 0 Å². The van der Waals surface area contributed by atoms with E-state index in [2.05, 4.69) is 0 Å². The summed E-state index contributed by atoms with van der Waals surface area (Å²) in [4.78, 5) is 12.4. The minimum atomic E-state index is -0.329. The Morgan fingerprint density at radius 1 is 0.950 bits per heavy atom. The van der Waals surface area contributed by atoms with Crippen molar-refractivity contribution in [2.45, 2.75) is 0 Å². The van der Waals surface area contributed by atoms with Crippen molar-refractivity contribution in [1.29, 1.82) is 0 Å². The van der Waals surface area contributed by atoms with Crippen molar-refractivity contribution in [2.24, 2.45) is 0 Å². The zero-order valence-corrected chi connectivity index (χ0v) is 12.3. The Hall–Kier alpha value is -1.48. The minimum Gasteiger partial charge on any atom is -0.451 e. The van der Waals surface area contributed by atoms with E-state index in [-0.39, 0.29) is 11.5 Å². The number of hydrogen-bond donors (Lipinski definition) is 0. The van der Waals surface area contributed by atoms with Gasteiger partial charge in [-0.2, -0.15) is 0 Å². The maximum atomic E-state index is 12.4. The Kier molecular flexibility index (Phi) is 3.47. The van der Waals surface area contributed by atoms with Crippen LogP contribution in [0, 0.1) is 0 Å². The number of para-hydroxylation sites is 1. The van der Waals surface area contributed by atoms with Crippen LogP contribution in [0.3, 0.4) is 0 Å². The van der Waals surface area contributed by atoms with Crippen molar-refractivity contribution >= 4 is 51.6 Å². The smallest absolute Gasteiger partial charge is 0.229 e. The molecule has 3 rings (SSSR count). The van der Waals surface area contributed by atoms with Gasteiger partial charge in [0, 0.05) is 16.0 Å². The normalized spacial score (nSPS) is 10.9. The molecule has 0 unspecified atom stereocenters. The van der Waals surface area contributed by atoms with Crippen LogP contribution < -0.4 is 0 Å². The van der Waals surface area contributed by atoms with Gasteiger partial charge < -0.3 is 4.42 Å². The number of rotatable bonds is 2. The second-order valence-corrected chi connectivity index (χ2v) is 5.47. The second kappa shape index (κ2) is 5.13. The molecule has 0 atom stereocenters. The highest BCUT2D eigenvalue weighted by Gasteiger charge is 2.18. The summed E-state index contributed by atoms with van der Waals surface area (Å²) in [5, 5.41) is 1.98. The van der Waals surface area contributed by atoms with Crippen molar-refractivity contribution in [3.05, 3.63) is 68.9 Å². The molecule has 0 aliphatic carbocycles. The molecule has 2 nitrogen and oxygen atoms in total. The molecular weight excluding hydrogens is 319 g/mol. The lowest BCUT2D eigenvalue weighted by molar-refractivity contribution is 0.101. The van der Waals surface area contributed by atoms with Gasteiger partial charge >= 0.3 is 0 Å². The molecule has 20 heavy (non-hydrogen) atoms. The summed E-state index contributed by atoms with van der Waals surface area (Å²) in [6.07, 6.45) is 0. The third-order valence-electron chi connectivity index (χ3n) is 2.89. The average Bonchev–Trinajstić information content (AvgIpc) is 2.86. The fraction of sp³-hybridized carbons (Fsp3) is 0. The van der Waals surface area contributed by atoms with Crippen molar-refractivity contribution in [2.75, 3.05) is 0 Å². The predicted molar refractivity (Wildman–Crippen MR) is 81.1 cm³/mol. The summed E-state index contributed by atoms with van der Waals surface area (Å²) in [6.45, 7) is 0. The van der Waals surface area contributed by atoms with Gasteiger partial charge in [0.25, 0.3) is 0 Å². The molecule has 0 radical (unpaired) electrons. The first-order chi connectivity index (χ1) is 9.56. The van der Waals surface area contributed by atoms with E-state index in [4.69, 9.17) is 39.2 Å². The fourth-order valence-corrected chi connectivity index (χ4v) is 2.54. The van der Waals surface area contributed by atoms with Crippen LogP contribution in [0.4, 0.5) is 0 Å². The van der Waals surface area contributed by atoms with Gasteiger partial charge in [0.1, 0.15) is 0 Å². The SMILES string of the molecule is O=C(c1cc2cccc(Cl)c2o1)c1cc(Cl)ccc1Cl. The molecule has 1 aromatic heterocycles. The lowest BCUT2D eigenvalue weighted by Crippen LogP contribution is -2.00. The summed E-state index contributed by atoms with van der Waals surface area (Å²) in [7, 11) is 0. The van der Waals surface area contributed by atoms with Gasteiger partial charge in [0.05, 0.1) is 10.0 Å². The number of carbonyl (C=O) groups is 1. The lowest BCUT2D eigenvalue weighted by atomic mass is 10.1. The summed E-state index contributed by atoms with van der Waals surface area (Å²) in [5.41, 5.74) is 0.782. The summed E-state index contributed by atoms with van der Waals surface area (Å²) < 4.78 is 5.53. The van der Waals surface area contributed by atoms with Gasteiger partial charge in [0.2, 0.25) is 5.78 Å². The molecule has 0 aliphatic heterocycles. The molecule has 0 saturated heterocycles. The first-order valence-corrected chi connectivity index (χ1v) is 6.87. The van der Waals surface area contributed by atoms with Crippen LogP contribution >= 0.6 is 34.8 Å². The van der Waals surface area contributed by atoms with E-state index in [1.165, 1.54) is 6.07 Å². The molecule has 0 N–H and O–H groups in total. The van der Waals surface area contributed by atoms with E-state index >= 15 is 0 Å². The van der Waals surface area contributed by atoms with Crippen molar-refractivity contribution in [3.63, 3.8) is 0 Å². The van der Waals surface area contributed by atoms with Gasteiger partial charge in [-0.25, -0.2) is 0 Å². The zero-order valence-electron chi connectivity index (χ0n) is 9.99. The topological polar surface area (TPSA) is 30.2 Å².